The van der Waals surface area contributed by atoms with Crippen molar-refractivity contribution in [1.29, 1.82) is 0 Å². The molecule has 0 saturated heterocycles. The molecule has 1 aromatic rings. The zero-order chi connectivity index (χ0) is 13.4. The second kappa shape index (κ2) is 8.11. The molecule has 0 bridgehead atoms. The van der Waals surface area contributed by atoms with Crippen LogP contribution in [-0.2, 0) is 4.74 Å². The number of alkyl halides is 1. The van der Waals surface area contributed by atoms with E-state index < -0.39 is 0 Å². The Balaban J connectivity index is 2.38. The van der Waals surface area contributed by atoms with E-state index in [1.54, 1.807) is 13.2 Å². The second-order valence-electron chi connectivity index (χ2n) is 4.18. The highest BCUT2D eigenvalue weighted by Gasteiger charge is 2.05. The van der Waals surface area contributed by atoms with E-state index in [0.29, 0.717) is 12.5 Å². The average molecular weight is 274 g/mol. The van der Waals surface area contributed by atoms with Crippen molar-refractivity contribution in [2.75, 3.05) is 25.6 Å². The summed E-state index contributed by atoms with van der Waals surface area (Å²) < 4.78 is 10.4. The summed E-state index contributed by atoms with van der Waals surface area (Å²) >= 11 is 6.02. The Morgan fingerprint density at radius 2 is 2.17 bits per heavy atom. The lowest BCUT2D eigenvalue weighted by Crippen LogP contribution is -2.14. The van der Waals surface area contributed by atoms with Crippen LogP contribution in [0.25, 0.3) is 0 Å². The monoisotopic (exact) mass is 273 g/mol. The molecular formula is C12H20ClN3O2. The molecule has 0 fully saturated rings. The summed E-state index contributed by atoms with van der Waals surface area (Å²) in [5.74, 6) is 1.31. The van der Waals surface area contributed by atoms with Crippen LogP contribution in [-0.4, -0.2) is 41.7 Å². The average Bonchev–Trinajstić information content (AvgIpc) is 2.29. The normalized spacial score (nSPS) is 12.5. The van der Waals surface area contributed by atoms with E-state index in [9.17, 15) is 0 Å². The minimum atomic E-state index is 0.00993. The van der Waals surface area contributed by atoms with Gasteiger partial charge in [0.1, 0.15) is 12.1 Å². The Kier molecular flexibility index (Phi) is 6.75. The molecule has 0 aliphatic heterocycles. The van der Waals surface area contributed by atoms with Gasteiger partial charge in [-0.1, -0.05) is 0 Å². The van der Waals surface area contributed by atoms with Crippen LogP contribution in [0.4, 0.5) is 5.82 Å². The Morgan fingerprint density at radius 3 is 2.83 bits per heavy atom. The summed E-state index contributed by atoms with van der Waals surface area (Å²) in [7, 11) is 1.64. The molecule has 0 spiro atoms. The Bertz CT molecular complexity index is 350. The molecule has 0 aromatic carbocycles. The lowest BCUT2D eigenvalue weighted by Gasteiger charge is -2.11. The summed E-state index contributed by atoms with van der Waals surface area (Å²) in [5.41, 5.74) is 0. The standard InChI is InChI=1S/C12H20ClN3O2/c1-9(2)18-12-6-11(15-8-16-12)14-5-4-10(13)7-17-3/h6,8-10H,4-5,7H2,1-3H3,(H,14,15,16). The summed E-state index contributed by atoms with van der Waals surface area (Å²) in [4.78, 5) is 8.15. The van der Waals surface area contributed by atoms with E-state index in [1.807, 2.05) is 13.8 Å². The topological polar surface area (TPSA) is 56.3 Å². The van der Waals surface area contributed by atoms with Crippen LogP contribution >= 0.6 is 11.6 Å². The zero-order valence-corrected chi connectivity index (χ0v) is 11.8. The van der Waals surface area contributed by atoms with Gasteiger partial charge in [0, 0.05) is 19.7 Å². The molecule has 1 aromatic heterocycles. The van der Waals surface area contributed by atoms with Gasteiger partial charge < -0.3 is 14.8 Å². The van der Waals surface area contributed by atoms with Crippen molar-refractivity contribution in [2.45, 2.75) is 31.7 Å². The second-order valence-corrected chi connectivity index (χ2v) is 4.79. The predicted molar refractivity (Wildman–Crippen MR) is 72.4 cm³/mol. The zero-order valence-electron chi connectivity index (χ0n) is 11.0. The Hall–Kier alpha value is -1.07. The number of nitrogens with one attached hydrogen (secondary N) is 1. The Morgan fingerprint density at radius 1 is 1.39 bits per heavy atom. The third kappa shape index (κ3) is 6.02. The maximum Gasteiger partial charge on any atom is 0.218 e. The highest BCUT2D eigenvalue weighted by molar-refractivity contribution is 6.20. The van der Waals surface area contributed by atoms with Crippen LogP contribution in [0.5, 0.6) is 5.88 Å². The van der Waals surface area contributed by atoms with Gasteiger partial charge in [0.05, 0.1) is 18.1 Å². The molecule has 0 radical (unpaired) electrons. The first kappa shape index (κ1) is 15.0. The molecule has 1 atom stereocenters. The van der Waals surface area contributed by atoms with E-state index in [-0.39, 0.29) is 11.5 Å². The van der Waals surface area contributed by atoms with Crippen molar-refractivity contribution in [3.63, 3.8) is 0 Å². The van der Waals surface area contributed by atoms with Crippen molar-refractivity contribution >= 4 is 17.4 Å². The molecule has 5 nitrogen and oxygen atoms in total. The van der Waals surface area contributed by atoms with Gasteiger partial charge >= 0.3 is 0 Å². The van der Waals surface area contributed by atoms with Gasteiger partial charge in [0.2, 0.25) is 5.88 Å². The van der Waals surface area contributed by atoms with Crippen LogP contribution in [0.3, 0.4) is 0 Å². The number of hydrogen-bond donors (Lipinski definition) is 1. The van der Waals surface area contributed by atoms with Crippen molar-refractivity contribution in [1.82, 2.24) is 9.97 Å². The molecule has 1 rings (SSSR count). The van der Waals surface area contributed by atoms with Crippen LogP contribution < -0.4 is 10.1 Å². The van der Waals surface area contributed by atoms with Crippen molar-refractivity contribution in [2.24, 2.45) is 0 Å². The van der Waals surface area contributed by atoms with Gasteiger partial charge in [-0.05, 0) is 20.3 Å². The van der Waals surface area contributed by atoms with Crippen LogP contribution in [0.15, 0.2) is 12.4 Å². The van der Waals surface area contributed by atoms with Gasteiger partial charge in [-0.25, -0.2) is 9.97 Å². The van der Waals surface area contributed by atoms with Gasteiger partial charge in [-0.15, -0.1) is 11.6 Å². The molecule has 1 N–H and O–H groups in total. The third-order valence-electron chi connectivity index (χ3n) is 2.11. The largest absolute Gasteiger partial charge is 0.475 e. The third-order valence-corrected chi connectivity index (χ3v) is 2.45. The number of nitrogens with zero attached hydrogens (tertiary/aromatic N) is 2. The van der Waals surface area contributed by atoms with Gasteiger partial charge in [-0.2, -0.15) is 0 Å². The molecule has 6 heteroatoms. The SMILES string of the molecule is COCC(Cl)CCNc1cc(OC(C)C)ncn1. The lowest BCUT2D eigenvalue weighted by molar-refractivity contribution is 0.196. The van der Waals surface area contributed by atoms with Crippen LogP contribution in [0.2, 0.25) is 0 Å². The molecule has 1 heterocycles. The minimum absolute atomic E-state index is 0.00993. The highest BCUT2D eigenvalue weighted by Crippen LogP contribution is 2.13. The van der Waals surface area contributed by atoms with E-state index in [1.165, 1.54) is 6.33 Å². The first-order chi connectivity index (χ1) is 8.61. The Labute approximate surface area is 113 Å². The highest BCUT2D eigenvalue weighted by atomic mass is 35.5. The molecule has 102 valence electrons. The van der Waals surface area contributed by atoms with Crippen LogP contribution in [0.1, 0.15) is 20.3 Å². The maximum atomic E-state index is 6.02. The van der Waals surface area contributed by atoms with Crippen molar-refractivity contribution < 1.29 is 9.47 Å². The van der Waals surface area contributed by atoms with E-state index in [2.05, 4.69) is 15.3 Å². The van der Waals surface area contributed by atoms with Crippen LogP contribution in [0, 0.1) is 0 Å². The number of rotatable bonds is 8. The fourth-order valence-corrected chi connectivity index (χ4v) is 1.60. The molecular weight excluding hydrogens is 254 g/mol. The van der Waals surface area contributed by atoms with Gasteiger partial charge in [0.25, 0.3) is 0 Å². The van der Waals surface area contributed by atoms with E-state index in [4.69, 9.17) is 21.1 Å². The van der Waals surface area contributed by atoms with E-state index in [0.717, 1.165) is 18.8 Å². The molecule has 0 aliphatic carbocycles. The number of ether oxygens (including phenoxy) is 2. The lowest BCUT2D eigenvalue weighted by atomic mass is 10.3. The first-order valence-electron chi connectivity index (χ1n) is 5.97. The summed E-state index contributed by atoms with van der Waals surface area (Å²) in [6.45, 7) is 5.19. The number of aromatic nitrogens is 2. The minimum Gasteiger partial charge on any atom is -0.475 e. The molecule has 0 saturated carbocycles. The molecule has 0 amide bonds. The number of hydrogen-bond acceptors (Lipinski definition) is 5. The summed E-state index contributed by atoms with van der Waals surface area (Å²) in [5, 5.41) is 3.19. The molecule has 1 unspecified atom stereocenters. The van der Waals surface area contributed by atoms with Gasteiger partial charge in [0.15, 0.2) is 0 Å². The fourth-order valence-electron chi connectivity index (χ4n) is 1.36. The van der Waals surface area contributed by atoms with Crippen molar-refractivity contribution in [3.05, 3.63) is 12.4 Å². The van der Waals surface area contributed by atoms with E-state index >= 15 is 0 Å². The smallest absolute Gasteiger partial charge is 0.218 e. The number of methoxy groups -OCH3 is 1. The van der Waals surface area contributed by atoms with Gasteiger partial charge in [-0.3, -0.25) is 0 Å². The maximum absolute atomic E-state index is 6.02. The number of halogens is 1. The number of anilines is 1. The first-order valence-corrected chi connectivity index (χ1v) is 6.41. The van der Waals surface area contributed by atoms with Crippen molar-refractivity contribution in [3.8, 4) is 5.88 Å². The summed E-state index contributed by atoms with van der Waals surface area (Å²) in [6.07, 6.45) is 2.38. The summed E-state index contributed by atoms with van der Waals surface area (Å²) in [6, 6.07) is 1.78. The quantitative estimate of drug-likeness (QED) is 0.737. The fraction of sp³-hybridized carbons (Fsp3) is 0.667. The molecule has 0 aliphatic rings. The molecule has 18 heavy (non-hydrogen) atoms. The predicted octanol–water partition coefficient (Wildman–Crippen LogP) is 2.32.